The molecule has 0 aliphatic carbocycles. The van der Waals surface area contributed by atoms with Crippen molar-refractivity contribution < 1.29 is 0 Å². The van der Waals surface area contributed by atoms with Crippen LogP contribution >= 0.6 is 0 Å². The molecule has 0 amide bonds. The lowest BCUT2D eigenvalue weighted by molar-refractivity contribution is 0.640. The summed E-state index contributed by atoms with van der Waals surface area (Å²) in [5, 5.41) is 36.4. The van der Waals surface area contributed by atoms with Crippen LogP contribution in [0.4, 0.5) is 0 Å². The van der Waals surface area contributed by atoms with E-state index in [1.807, 2.05) is 27.7 Å². The van der Waals surface area contributed by atoms with E-state index in [1.165, 1.54) is 6.92 Å². The number of azo groups is 1. The van der Waals surface area contributed by atoms with Gasteiger partial charge in [-0.25, -0.2) is 0 Å². The Hall–Kier alpha value is -2.20. The second-order valence-electron chi connectivity index (χ2n) is 5.35. The van der Waals surface area contributed by atoms with Gasteiger partial charge in [0.2, 0.25) is 0 Å². The summed E-state index contributed by atoms with van der Waals surface area (Å²) in [4.78, 5) is 0. The number of unbranched alkanes of at least 4 members (excludes halogenated alkanes) is 2. The molecule has 0 aliphatic heterocycles. The van der Waals surface area contributed by atoms with Crippen LogP contribution in [0.1, 0.15) is 78.4 Å². The molecule has 10 heteroatoms. The predicted molar refractivity (Wildman–Crippen MR) is 116 cm³/mol. The summed E-state index contributed by atoms with van der Waals surface area (Å²) in [6.45, 7) is 12.7. The van der Waals surface area contributed by atoms with Crippen molar-refractivity contribution in [2.45, 2.75) is 80.1 Å². The molecule has 0 saturated carbocycles. The standard InChI is InChI=1S/C8H15N5.C6H12N4.C2H7N.C2H6/c1-7-10-12-8(13-11-7)5-3-2-4-6-9;1-3-4-6(8)10-9-5(2)7;1-2-3;1-2/h2-6,9H2,1H3;7-8H,3-4H2,1-2H3;2-3H2,1H3;1-2H3. The molecule has 6 N–H and O–H groups in total. The number of rotatable bonds is 7. The maximum absolute atomic E-state index is 7.12. The van der Waals surface area contributed by atoms with Crippen molar-refractivity contribution in [1.82, 2.24) is 20.4 Å². The zero-order valence-corrected chi connectivity index (χ0v) is 18.5. The van der Waals surface area contributed by atoms with Gasteiger partial charge in [-0.3, -0.25) is 10.8 Å². The Morgan fingerprint density at radius 1 is 0.929 bits per heavy atom. The summed E-state index contributed by atoms with van der Waals surface area (Å²) in [6.07, 6.45) is 5.62. The first-order chi connectivity index (χ1) is 13.4. The van der Waals surface area contributed by atoms with Crippen molar-refractivity contribution in [1.29, 1.82) is 10.8 Å². The molecule has 1 aromatic rings. The minimum Gasteiger partial charge on any atom is -0.331 e. The van der Waals surface area contributed by atoms with Crippen LogP contribution in [0.5, 0.6) is 0 Å². The zero-order valence-electron chi connectivity index (χ0n) is 18.5. The van der Waals surface area contributed by atoms with E-state index >= 15 is 0 Å². The van der Waals surface area contributed by atoms with E-state index in [4.69, 9.17) is 22.3 Å². The zero-order chi connectivity index (χ0) is 22.2. The van der Waals surface area contributed by atoms with Crippen LogP contribution in [0.25, 0.3) is 0 Å². The van der Waals surface area contributed by atoms with Gasteiger partial charge >= 0.3 is 0 Å². The van der Waals surface area contributed by atoms with Crippen LogP contribution in [0, 0.1) is 17.7 Å². The van der Waals surface area contributed by atoms with Gasteiger partial charge in [-0.1, -0.05) is 34.1 Å². The molecule has 0 fully saturated rings. The number of nitrogens with zero attached hydrogens (tertiary/aromatic N) is 6. The third kappa shape index (κ3) is 26.0. The normalized spacial score (nSPS) is 9.29. The molecule has 0 aliphatic rings. The second kappa shape index (κ2) is 24.8. The van der Waals surface area contributed by atoms with E-state index in [0.717, 1.165) is 51.0 Å². The van der Waals surface area contributed by atoms with Crippen LogP contribution in [-0.2, 0) is 6.42 Å². The average Bonchev–Trinajstić information content (AvgIpc) is 2.68. The fraction of sp³-hybridized carbons (Fsp3) is 0.778. The van der Waals surface area contributed by atoms with E-state index in [-0.39, 0.29) is 11.7 Å². The van der Waals surface area contributed by atoms with Crippen molar-refractivity contribution in [3.8, 4) is 0 Å². The van der Waals surface area contributed by atoms with Crippen LogP contribution in [-0.4, -0.2) is 45.2 Å². The fourth-order valence-electron chi connectivity index (χ4n) is 1.43. The number of amidine groups is 2. The second-order valence-corrected chi connectivity index (χ2v) is 5.35. The van der Waals surface area contributed by atoms with Crippen molar-refractivity contribution in [2.24, 2.45) is 21.7 Å². The fourth-order valence-corrected chi connectivity index (χ4v) is 1.43. The number of hydrogen-bond donors (Lipinski definition) is 4. The summed E-state index contributed by atoms with van der Waals surface area (Å²) in [7, 11) is 0. The minimum absolute atomic E-state index is 0.140. The van der Waals surface area contributed by atoms with Gasteiger partial charge in [-0.05, 0) is 46.2 Å². The van der Waals surface area contributed by atoms with Crippen molar-refractivity contribution in [2.75, 3.05) is 13.1 Å². The van der Waals surface area contributed by atoms with Gasteiger partial charge in [-0.15, -0.1) is 30.6 Å². The first-order valence-corrected chi connectivity index (χ1v) is 9.88. The Kier molecular flexibility index (Phi) is 27.0. The first kappa shape index (κ1) is 30.5. The molecule has 0 spiro atoms. The van der Waals surface area contributed by atoms with Gasteiger partial charge in [0.25, 0.3) is 0 Å². The van der Waals surface area contributed by atoms with Gasteiger partial charge in [0.15, 0.2) is 11.6 Å². The molecule has 10 nitrogen and oxygen atoms in total. The third-order valence-electron chi connectivity index (χ3n) is 2.53. The quantitative estimate of drug-likeness (QED) is 0.237. The largest absolute Gasteiger partial charge is 0.331 e. The van der Waals surface area contributed by atoms with Crippen LogP contribution < -0.4 is 11.5 Å². The number of nitrogens with two attached hydrogens (primary N) is 2. The molecular weight excluding hydrogens is 356 g/mol. The lowest BCUT2D eigenvalue weighted by Crippen LogP contribution is -2.03. The molecule has 1 rings (SSSR count). The van der Waals surface area contributed by atoms with Crippen molar-refractivity contribution in [3.05, 3.63) is 11.6 Å². The summed E-state index contributed by atoms with van der Waals surface area (Å²) in [5.74, 6) is 1.73. The summed E-state index contributed by atoms with van der Waals surface area (Å²) in [6, 6.07) is 0. The van der Waals surface area contributed by atoms with E-state index in [2.05, 4.69) is 30.6 Å². The van der Waals surface area contributed by atoms with Crippen molar-refractivity contribution in [3.63, 3.8) is 0 Å². The smallest absolute Gasteiger partial charge is 0.173 e. The Morgan fingerprint density at radius 3 is 1.89 bits per heavy atom. The van der Waals surface area contributed by atoms with Gasteiger partial charge < -0.3 is 11.5 Å². The molecule has 162 valence electrons. The third-order valence-corrected chi connectivity index (χ3v) is 2.53. The molecule has 1 heterocycles. The highest BCUT2D eigenvalue weighted by Gasteiger charge is 1.97. The number of aryl methyl sites for hydroxylation is 2. The molecular formula is C18H40N10. The average molecular weight is 397 g/mol. The Bertz CT molecular complexity index is 500. The lowest BCUT2D eigenvalue weighted by Gasteiger charge is -1.97. The molecule has 0 saturated heterocycles. The number of aromatic nitrogens is 4. The van der Waals surface area contributed by atoms with Crippen molar-refractivity contribution >= 4 is 11.7 Å². The van der Waals surface area contributed by atoms with Gasteiger partial charge in [0.05, 0.1) is 0 Å². The van der Waals surface area contributed by atoms with E-state index in [0.29, 0.717) is 12.2 Å². The van der Waals surface area contributed by atoms with Gasteiger partial charge in [0, 0.05) is 12.8 Å². The lowest BCUT2D eigenvalue weighted by atomic mass is 10.2. The molecule has 0 radical (unpaired) electrons. The molecule has 0 bridgehead atoms. The highest BCUT2D eigenvalue weighted by molar-refractivity contribution is 5.83. The molecule has 1 aromatic heterocycles. The minimum atomic E-state index is 0.140. The Labute approximate surface area is 170 Å². The Balaban J connectivity index is -0.000000371. The van der Waals surface area contributed by atoms with E-state index in [1.54, 1.807) is 6.92 Å². The van der Waals surface area contributed by atoms with E-state index in [9.17, 15) is 0 Å². The highest BCUT2D eigenvalue weighted by Crippen LogP contribution is 1.99. The highest BCUT2D eigenvalue weighted by atomic mass is 15.3. The van der Waals surface area contributed by atoms with Crippen LogP contribution in [0.15, 0.2) is 10.2 Å². The molecule has 0 atom stereocenters. The molecule has 0 aromatic carbocycles. The van der Waals surface area contributed by atoms with Gasteiger partial charge in [0.1, 0.15) is 11.7 Å². The monoisotopic (exact) mass is 396 g/mol. The maximum atomic E-state index is 7.12. The summed E-state index contributed by atoms with van der Waals surface area (Å²) < 4.78 is 0. The van der Waals surface area contributed by atoms with Crippen LogP contribution in [0.3, 0.4) is 0 Å². The summed E-state index contributed by atoms with van der Waals surface area (Å²) in [5.41, 5.74) is 10.2. The Morgan fingerprint density at radius 2 is 1.46 bits per heavy atom. The van der Waals surface area contributed by atoms with E-state index < -0.39 is 0 Å². The molecule has 28 heavy (non-hydrogen) atoms. The summed E-state index contributed by atoms with van der Waals surface area (Å²) >= 11 is 0. The topological polar surface area (TPSA) is 176 Å². The number of nitrogens with one attached hydrogen (secondary N) is 2. The SMILES string of the molecule is CC.CCCC(=N)N=NC(C)=N.CCN.Cc1nnc(CCCCCN)nn1. The number of hydrogen-bond acceptors (Lipinski definition) is 8. The predicted octanol–water partition coefficient (Wildman–Crippen LogP) is 3.45. The van der Waals surface area contributed by atoms with Gasteiger partial charge in [-0.2, -0.15) is 0 Å². The van der Waals surface area contributed by atoms with Crippen LogP contribution in [0.2, 0.25) is 0 Å². The molecule has 0 unspecified atom stereocenters. The first-order valence-electron chi connectivity index (χ1n) is 9.88. The maximum Gasteiger partial charge on any atom is 0.173 e.